The van der Waals surface area contributed by atoms with Crippen LogP contribution in [0.25, 0.3) is 0 Å². The predicted molar refractivity (Wildman–Crippen MR) is 54.4 cm³/mol. The molecule has 0 aliphatic heterocycles. The molecule has 0 spiro atoms. The van der Waals surface area contributed by atoms with E-state index < -0.39 is 11.9 Å². The Bertz CT molecular complexity index is 218. The Morgan fingerprint density at radius 2 is 2.36 bits per heavy atom. The van der Waals surface area contributed by atoms with Gasteiger partial charge in [0.05, 0.1) is 6.07 Å². The van der Waals surface area contributed by atoms with Gasteiger partial charge in [-0.05, 0) is 6.42 Å². The van der Waals surface area contributed by atoms with Crippen LogP contribution in [0.5, 0.6) is 0 Å². The molecule has 0 aliphatic rings. The maximum atomic E-state index is 11.2. The molecular weight excluding hydrogens is 178 g/mol. The zero-order valence-electron chi connectivity index (χ0n) is 8.66. The lowest BCUT2D eigenvalue weighted by Crippen LogP contribution is -2.16. The first-order valence-electron chi connectivity index (χ1n) is 4.93. The van der Waals surface area contributed by atoms with Gasteiger partial charge in [0.25, 0.3) is 0 Å². The van der Waals surface area contributed by atoms with Gasteiger partial charge < -0.3 is 4.74 Å². The molecular formula is C11H17NO2. The summed E-state index contributed by atoms with van der Waals surface area (Å²) in [5.74, 6) is -1.04. The van der Waals surface area contributed by atoms with Gasteiger partial charge in [0.2, 0.25) is 0 Å². The van der Waals surface area contributed by atoms with E-state index >= 15 is 0 Å². The monoisotopic (exact) mass is 195 g/mol. The number of unbranched alkanes of at least 4 members (excludes halogenated alkanes) is 2. The van der Waals surface area contributed by atoms with Crippen LogP contribution in [0.1, 0.15) is 32.6 Å². The van der Waals surface area contributed by atoms with Gasteiger partial charge in [0.1, 0.15) is 12.5 Å². The molecule has 0 aromatic heterocycles. The summed E-state index contributed by atoms with van der Waals surface area (Å²) < 4.78 is 4.80. The fourth-order valence-corrected chi connectivity index (χ4v) is 1.08. The second kappa shape index (κ2) is 8.31. The summed E-state index contributed by atoms with van der Waals surface area (Å²) in [5, 5.41) is 8.72. The summed E-state index contributed by atoms with van der Waals surface area (Å²) in [6, 6.07) is 1.96. The average molecular weight is 195 g/mol. The second-order valence-corrected chi connectivity index (χ2v) is 3.10. The normalized spacial score (nSPS) is 11.4. The minimum absolute atomic E-state index is 0.185. The molecule has 0 rings (SSSR count). The first kappa shape index (κ1) is 12.7. The maximum absolute atomic E-state index is 11.2. The Balaban J connectivity index is 3.82. The minimum Gasteiger partial charge on any atom is -0.460 e. The zero-order chi connectivity index (χ0) is 10.8. The average Bonchev–Trinajstić information content (AvgIpc) is 2.21. The molecule has 0 aliphatic carbocycles. The Hall–Kier alpha value is -1.30. The lowest BCUT2D eigenvalue weighted by molar-refractivity contribution is -0.145. The van der Waals surface area contributed by atoms with Crippen LogP contribution >= 0.6 is 0 Å². The van der Waals surface area contributed by atoms with Gasteiger partial charge in [0.15, 0.2) is 0 Å². The van der Waals surface area contributed by atoms with Crippen LogP contribution in [-0.4, -0.2) is 12.6 Å². The van der Waals surface area contributed by atoms with Crippen LogP contribution in [0.2, 0.25) is 0 Å². The zero-order valence-corrected chi connectivity index (χ0v) is 8.66. The molecule has 0 N–H and O–H groups in total. The number of hydrogen-bond donors (Lipinski definition) is 0. The van der Waals surface area contributed by atoms with Crippen LogP contribution < -0.4 is 0 Å². The molecule has 14 heavy (non-hydrogen) atoms. The summed E-state index contributed by atoms with van der Waals surface area (Å²) in [6.07, 6.45) is 5.13. The number of ether oxygens (including phenoxy) is 1. The predicted octanol–water partition coefficient (Wildman–Crippen LogP) is 2.44. The highest BCUT2D eigenvalue weighted by molar-refractivity contribution is 5.75. The van der Waals surface area contributed by atoms with Gasteiger partial charge in [0, 0.05) is 0 Å². The van der Waals surface area contributed by atoms with Gasteiger partial charge >= 0.3 is 5.97 Å². The Labute approximate surface area is 85.4 Å². The number of carbonyl (C=O) groups is 1. The molecule has 0 saturated carbocycles. The summed E-state index contributed by atoms with van der Waals surface area (Å²) in [6.45, 7) is 5.70. The van der Waals surface area contributed by atoms with E-state index in [2.05, 4.69) is 13.5 Å². The molecule has 0 radical (unpaired) electrons. The fraction of sp³-hybridized carbons (Fsp3) is 0.636. The molecule has 0 saturated heterocycles. The number of nitriles is 1. The van der Waals surface area contributed by atoms with Crippen molar-refractivity contribution < 1.29 is 9.53 Å². The molecule has 78 valence electrons. The maximum Gasteiger partial charge on any atom is 0.323 e. The van der Waals surface area contributed by atoms with Gasteiger partial charge in [-0.3, -0.25) is 4.79 Å². The molecule has 3 heteroatoms. The number of nitrogens with zero attached hydrogens (tertiary/aromatic N) is 1. The highest BCUT2D eigenvalue weighted by Gasteiger charge is 2.17. The first-order valence-corrected chi connectivity index (χ1v) is 4.93. The number of carbonyl (C=O) groups excluding carboxylic acids is 1. The molecule has 0 heterocycles. The third-order valence-electron chi connectivity index (χ3n) is 1.88. The standard InChI is InChI=1S/C11H17NO2/c1-3-5-6-7-10(9-12)11(13)14-8-4-2/h4,10H,2-3,5-8H2,1H3. The van der Waals surface area contributed by atoms with Crippen molar-refractivity contribution in [2.45, 2.75) is 32.6 Å². The quantitative estimate of drug-likeness (QED) is 0.356. The highest BCUT2D eigenvalue weighted by Crippen LogP contribution is 2.10. The Kier molecular flexibility index (Phi) is 7.53. The molecule has 1 unspecified atom stereocenters. The van der Waals surface area contributed by atoms with Crippen molar-refractivity contribution in [2.75, 3.05) is 6.61 Å². The lowest BCUT2D eigenvalue weighted by Gasteiger charge is -2.07. The minimum atomic E-state index is -0.610. The first-order chi connectivity index (χ1) is 6.76. The van der Waals surface area contributed by atoms with Crippen molar-refractivity contribution in [3.05, 3.63) is 12.7 Å². The third kappa shape index (κ3) is 5.36. The van der Waals surface area contributed by atoms with Crippen molar-refractivity contribution in [3.63, 3.8) is 0 Å². The van der Waals surface area contributed by atoms with Crippen molar-refractivity contribution in [2.24, 2.45) is 5.92 Å². The third-order valence-corrected chi connectivity index (χ3v) is 1.88. The van der Waals surface area contributed by atoms with E-state index in [0.29, 0.717) is 6.42 Å². The molecule has 0 fully saturated rings. The molecule has 0 aromatic carbocycles. The second-order valence-electron chi connectivity index (χ2n) is 3.10. The van der Waals surface area contributed by atoms with Crippen LogP contribution in [0, 0.1) is 17.2 Å². The van der Waals surface area contributed by atoms with Crippen molar-refractivity contribution in [3.8, 4) is 6.07 Å². The SMILES string of the molecule is C=CCOC(=O)C(C#N)CCCCC. The van der Waals surface area contributed by atoms with Gasteiger partial charge in [-0.25, -0.2) is 0 Å². The summed E-state index contributed by atoms with van der Waals surface area (Å²) in [5.41, 5.74) is 0. The highest BCUT2D eigenvalue weighted by atomic mass is 16.5. The smallest absolute Gasteiger partial charge is 0.323 e. The number of rotatable bonds is 7. The van der Waals surface area contributed by atoms with E-state index in [1.165, 1.54) is 6.08 Å². The van der Waals surface area contributed by atoms with Crippen LogP contribution in [0.15, 0.2) is 12.7 Å². The van der Waals surface area contributed by atoms with Crippen molar-refractivity contribution in [1.29, 1.82) is 5.26 Å². The summed E-state index contributed by atoms with van der Waals surface area (Å²) >= 11 is 0. The van der Waals surface area contributed by atoms with Crippen LogP contribution in [-0.2, 0) is 9.53 Å². The lowest BCUT2D eigenvalue weighted by atomic mass is 10.0. The van der Waals surface area contributed by atoms with Crippen LogP contribution in [0.4, 0.5) is 0 Å². The van der Waals surface area contributed by atoms with Crippen LogP contribution in [0.3, 0.4) is 0 Å². The molecule has 0 amide bonds. The topological polar surface area (TPSA) is 50.1 Å². The van der Waals surface area contributed by atoms with Crippen molar-refractivity contribution in [1.82, 2.24) is 0 Å². The van der Waals surface area contributed by atoms with Gasteiger partial charge in [-0.1, -0.05) is 38.8 Å². The summed E-state index contributed by atoms with van der Waals surface area (Å²) in [7, 11) is 0. The van der Waals surface area contributed by atoms with Crippen molar-refractivity contribution >= 4 is 5.97 Å². The Morgan fingerprint density at radius 3 is 2.86 bits per heavy atom. The number of hydrogen-bond acceptors (Lipinski definition) is 3. The van der Waals surface area contributed by atoms with E-state index in [1.54, 1.807) is 0 Å². The summed E-state index contributed by atoms with van der Waals surface area (Å²) in [4.78, 5) is 11.2. The van der Waals surface area contributed by atoms with E-state index in [0.717, 1.165) is 19.3 Å². The number of esters is 1. The molecule has 0 bridgehead atoms. The van der Waals surface area contributed by atoms with E-state index in [-0.39, 0.29) is 6.61 Å². The van der Waals surface area contributed by atoms with E-state index in [1.807, 2.05) is 6.07 Å². The van der Waals surface area contributed by atoms with Gasteiger partial charge in [-0.2, -0.15) is 5.26 Å². The Morgan fingerprint density at radius 1 is 1.64 bits per heavy atom. The molecule has 0 aromatic rings. The van der Waals surface area contributed by atoms with Gasteiger partial charge in [-0.15, -0.1) is 0 Å². The molecule has 1 atom stereocenters. The van der Waals surface area contributed by atoms with E-state index in [9.17, 15) is 4.79 Å². The fourth-order valence-electron chi connectivity index (χ4n) is 1.08. The van der Waals surface area contributed by atoms with E-state index in [4.69, 9.17) is 10.00 Å². The molecule has 3 nitrogen and oxygen atoms in total. The largest absolute Gasteiger partial charge is 0.460 e.